The third kappa shape index (κ3) is 11.7. The number of ether oxygens (including phenoxy) is 1. The lowest BCUT2D eigenvalue weighted by molar-refractivity contribution is -0.162. The summed E-state index contributed by atoms with van der Waals surface area (Å²) in [4.78, 5) is 50.8. The number of hydrogen-bond acceptors (Lipinski definition) is 7. The van der Waals surface area contributed by atoms with Crippen LogP contribution in [0.15, 0.2) is 18.2 Å². The summed E-state index contributed by atoms with van der Waals surface area (Å²) in [5.74, 6) is -1.52. The Kier molecular flexibility index (Phi) is 13.3. The Morgan fingerprint density at radius 1 is 0.870 bits per heavy atom. The van der Waals surface area contributed by atoms with Crippen molar-refractivity contribution in [2.45, 2.75) is 90.3 Å². The molecule has 0 bridgehead atoms. The number of benzene rings is 1. The number of carboxylic acids is 1. The third-order valence-electron chi connectivity index (χ3n) is 7.25. The molecule has 46 heavy (non-hydrogen) atoms. The van der Waals surface area contributed by atoms with Gasteiger partial charge in [0.05, 0.1) is 17.2 Å². The summed E-state index contributed by atoms with van der Waals surface area (Å²) >= 11 is 0. The van der Waals surface area contributed by atoms with E-state index in [1.807, 2.05) is 32.6 Å². The lowest BCUT2D eigenvalue weighted by Gasteiger charge is -2.40. The van der Waals surface area contributed by atoms with Crippen LogP contribution in [-0.4, -0.2) is 95.6 Å². The number of hydrogen-bond donors (Lipinski definition) is 2. The second kappa shape index (κ2) is 15.8. The fraction of sp³-hybridized carbons (Fsp3) is 0.667. The maximum Gasteiger partial charge on any atom is 0.417 e. The molecule has 1 aromatic rings. The molecule has 0 spiro atoms. The predicted octanol–water partition coefficient (Wildman–Crippen LogP) is 4.55. The fourth-order valence-electron chi connectivity index (χ4n) is 5.03. The average molecular weight is 669 g/mol. The number of carboxylic acid groups (broad SMARTS) is 1. The highest BCUT2D eigenvalue weighted by Gasteiger charge is 2.44. The topological polar surface area (TPSA) is 119 Å². The molecule has 0 aliphatic carbocycles. The Bertz CT molecular complexity index is 1230. The molecule has 1 aromatic carbocycles. The van der Waals surface area contributed by atoms with E-state index in [0.29, 0.717) is 31.5 Å². The highest BCUT2D eigenvalue weighted by atomic mass is 19.4. The van der Waals surface area contributed by atoms with Crippen molar-refractivity contribution in [1.82, 2.24) is 15.1 Å². The normalized spacial score (nSPS) is 19.5. The summed E-state index contributed by atoms with van der Waals surface area (Å²) in [5, 5.41) is 11.7. The monoisotopic (exact) mass is 668 g/mol. The first-order valence-electron chi connectivity index (χ1n) is 14.9. The van der Waals surface area contributed by atoms with Gasteiger partial charge in [0, 0.05) is 57.8 Å². The summed E-state index contributed by atoms with van der Waals surface area (Å²) in [6.07, 6.45) is -9.24. The van der Waals surface area contributed by atoms with E-state index >= 15 is 0 Å². The van der Waals surface area contributed by atoms with Crippen molar-refractivity contribution in [3.05, 3.63) is 29.3 Å². The first-order valence-corrected chi connectivity index (χ1v) is 14.9. The Morgan fingerprint density at radius 2 is 1.43 bits per heavy atom. The standard InChI is InChI=1S/C17H18F6N2O3.C13H24N2O3/c1-10-15(28)24(6-2-3-14(26)27)7-8-25(10)11-4-5-12(16(18,19)20)13(9-11)17(21,22)23;1-10-12(17)15(9-7-14-10)8-5-6-11(16)18-13(2,3)4/h4-5,9-10H,2-3,6-8H2,1H3,(H,26,27);10,14H,5-9H2,1-4H3/t2*10-/m00/s1. The molecule has 2 saturated heterocycles. The van der Waals surface area contributed by atoms with Gasteiger partial charge in [0.15, 0.2) is 0 Å². The maximum absolute atomic E-state index is 13.1. The first kappa shape index (κ1) is 38.6. The highest BCUT2D eigenvalue weighted by Crippen LogP contribution is 2.42. The Labute approximate surface area is 264 Å². The lowest BCUT2D eigenvalue weighted by Crippen LogP contribution is -2.56. The molecule has 10 nitrogen and oxygen atoms in total. The predicted molar refractivity (Wildman–Crippen MR) is 156 cm³/mol. The minimum atomic E-state index is -5.20. The number of esters is 1. The molecule has 0 unspecified atom stereocenters. The number of carbonyl (C=O) groups is 4. The average Bonchev–Trinajstić information content (AvgIpc) is 2.91. The van der Waals surface area contributed by atoms with Gasteiger partial charge >= 0.3 is 24.3 Å². The van der Waals surface area contributed by atoms with Crippen LogP contribution < -0.4 is 10.2 Å². The molecule has 0 saturated carbocycles. The van der Waals surface area contributed by atoms with Crippen LogP contribution in [0.3, 0.4) is 0 Å². The van der Waals surface area contributed by atoms with Crippen molar-refractivity contribution in [2.75, 3.05) is 44.2 Å². The number of amides is 2. The van der Waals surface area contributed by atoms with Crippen LogP contribution in [0.5, 0.6) is 0 Å². The van der Waals surface area contributed by atoms with Gasteiger partial charge in [0.1, 0.15) is 11.6 Å². The van der Waals surface area contributed by atoms with Crippen molar-refractivity contribution in [3.63, 3.8) is 0 Å². The number of carbonyl (C=O) groups excluding carboxylic acids is 3. The SMILES string of the molecule is C[C@@H]1NCCN(CCCC(=O)OC(C)(C)C)C1=O.C[C@H]1C(=O)N(CCCC(=O)O)CCN1c1ccc(C(F)(F)F)c(C(F)(F)F)c1. The molecule has 2 atom stereocenters. The molecule has 2 aliphatic rings. The maximum atomic E-state index is 13.1. The van der Waals surface area contributed by atoms with Crippen LogP contribution in [0.2, 0.25) is 0 Å². The Hall–Kier alpha value is -3.56. The van der Waals surface area contributed by atoms with E-state index in [-0.39, 0.29) is 56.1 Å². The number of nitrogens with one attached hydrogen (secondary N) is 1. The molecule has 16 heteroatoms. The van der Waals surface area contributed by atoms with Gasteiger partial charge in [-0.3, -0.25) is 19.2 Å². The van der Waals surface area contributed by atoms with Gasteiger partial charge in [0.2, 0.25) is 11.8 Å². The number of aliphatic carboxylic acids is 1. The smallest absolute Gasteiger partial charge is 0.417 e. The van der Waals surface area contributed by atoms with E-state index in [2.05, 4.69) is 5.32 Å². The zero-order chi connectivity index (χ0) is 35.0. The van der Waals surface area contributed by atoms with Crippen LogP contribution in [0.25, 0.3) is 0 Å². The molecule has 3 rings (SSSR count). The van der Waals surface area contributed by atoms with E-state index in [1.165, 1.54) is 16.7 Å². The zero-order valence-corrected chi connectivity index (χ0v) is 26.6. The fourth-order valence-corrected chi connectivity index (χ4v) is 5.03. The Balaban J connectivity index is 0.000000353. The van der Waals surface area contributed by atoms with Gasteiger partial charge in [-0.25, -0.2) is 0 Å². The van der Waals surface area contributed by atoms with Crippen molar-refractivity contribution < 1.29 is 55.4 Å². The summed E-state index contributed by atoms with van der Waals surface area (Å²) in [6.45, 7) is 11.5. The van der Waals surface area contributed by atoms with Crippen molar-refractivity contribution in [3.8, 4) is 0 Å². The van der Waals surface area contributed by atoms with Crippen molar-refractivity contribution >= 4 is 29.4 Å². The van der Waals surface area contributed by atoms with Gasteiger partial charge in [-0.15, -0.1) is 0 Å². The summed E-state index contributed by atoms with van der Waals surface area (Å²) in [6, 6.07) is 0.695. The number of nitrogens with zero attached hydrogens (tertiary/aromatic N) is 3. The molecule has 0 aromatic heterocycles. The largest absolute Gasteiger partial charge is 0.481 e. The molecular weight excluding hydrogens is 626 g/mol. The van der Waals surface area contributed by atoms with E-state index in [4.69, 9.17) is 9.84 Å². The molecular formula is C30H42F6N4O6. The van der Waals surface area contributed by atoms with Gasteiger partial charge in [-0.05, 0) is 65.7 Å². The van der Waals surface area contributed by atoms with E-state index in [1.54, 1.807) is 0 Å². The zero-order valence-electron chi connectivity index (χ0n) is 26.6. The molecule has 2 aliphatic heterocycles. The number of rotatable bonds is 9. The van der Waals surface area contributed by atoms with Crippen LogP contribution in [-0.2, 0) is 36.3 Å². The number of piperazine rings is 2. The second-order valence-electron chi connectivity index (χ2n) is 12.1. The molecule has 0 radical (unpaired) electrons. The molecule has 2 heterocycles. The van der Waals surface area contributed by atoms with Gasteiger partial charge in [-0.2, -0.15) is 26.3 Å². The van der Waals surface area contributed by atoms with Gasteiger partial charge < -0.3 is 29.9 Å². The minimum Gasteiger partial charge on any atom is -0.481 e. The third-order valence-corrected chi connectivity index (χ3v) is 7.25. The van der Waals surface area contributed by atoms with E-state index in [9.17, 15) is 45.5 Å². The van der Waals surface area contributed by atoms with Crippen LogP contribution in [0.1, 0.15) is 71.4 Å². The van der Waals surface area contributed by atoms with Crippen LogP contribution >= 0.6 is 0 Å². The second-order valence-corrected chi connectivity index (χ2v) is 12.1. The molecule has 2 N–H and O–H groups in total. The van der Waals surface area contributed by atoms with Gasteiger partial charge in [-0.1, -0.05) is 0 Å². The van der Waals surface area contributed by atoms with Crippen molar-refractivity contribution in [1.29, 1.82) is 0 Å². The lowest BCUT2D eigenvalue weighted by atomic mass is 10.0. The highest BCUT2D eigenvalue weighted by molar-refractivity contribution is 5.86. The molecule has 2 amide bonds. The molecule has 260 valence electrons. The first-order chi connectivity index (χ1) is 21.1. The van der Waals surface area contributed by atoms with E-state index in [0.717, 1.165) is 19.2 Å². The molecule has 2 fully saturated rings. The van der Waals surface area contributed by atoms with Crippen molar-refractivity contribution in [2.24, 2.45) is 0 Å². The number of alkyl halides is 6. The van der Waals surface area contributed by atoms with Gasteiger partial charge in [0.25, 0.3) is 0 Å². The summed E-state index contributed by atoms with van der Waals surface area (Å²) in [5.41, 5.74) is -4.15. The van der Waals surface area contributed by atoms with Crippen LogP contribution in [0.4, 0.5) is 32.0 Å². The van der Waals surface area contributed by atoms with E-state index < -0.39 is 47.0 Å². The summed E-state index contributed by atoms with van der Waals surface area (Å²) in [7, 11) is 0. The Morgan fingerprint density at radius 3 is 1.98 bits per heavy atom. The number of halogens is 6. The quantitative estimate of drug-likeness (QED) is 0.291. The van der Waals surface area contributed by atoms with Crippen LogP contribution in [0, 0.1) is 0 Å². The minimum absolute atomic E-state index is 0.111. The number of anilines is 1. The summed E-state index contributed by atoms with van der Waals surface area (Å²) < 4.78 is 83.3.